The first-order chi connectivity index (χ1) is 16.2. The second-order valence-electron chi connectivity index (χ2n) is 6.99. The molecule has 0 bridgehead atoms. The third-order valence-corrected chi connectivity index (χ3v) is 6.96. The molecule has 5 rings (SSSR count). The van der Waals surface area contributed by atoms with Crippen molar-refractivity contribution in [1.82, 2.24) is 15.2 Å². The SMILES string of the molecule is O=C(Nc1nnc(Sc2ccnc3cc(Cl)ccc23)s1)C1CC=CN=C1Oc1ccccc1. The standard InChI is InChI=1S/C23H16ClN5O2S2/c24-14-8-9-16-18(13-14)25-12-10-19(16)32-23-29-28-22(33-23)27-20(30)17-7-4-11-26-21(17)31-15-5-2-1-3-6-15/h1-6,8-13,17H,7H2,(H,27,28,30). The number of hydrogen-bond acceptors (Lipinski definition) is 8. The molecule has 1 aliphatic heterocycles. The van der Waals surface area contributed by atoms with E-state index in [9.17, 15) is 4.79 Å². The number of ether oxygens (including phenoxy) is 1. The van der Waals surface area contributed by atoms with Crippen LogP contribution in [0.3, 0.4) is 0 Å². The quantitative estimate of drug-likeness (QED) is 0.351. The van der Waals surface area contributed by atoms with Gasteiger partial charge in [-0.25, -0.2) is 4.99 Å². The second-order valence-corrected chi connectivity index (χ2v) is 9.69. The molecular formula is C23H16ClN5O2S2. The van der Waals surface area contributed by atoms with E-state index >= 15 is 0 Å². The number of nitrogens with one attached hydrogen (secondary N) is 1. The summed E-state index contributed by atoms with van der Waals surface area (Å²) in [6.07, 6.45) is 5.70. The van der Waals surface area contributed by atoms with Gasteiger partial charge in [0.1, 0.15) is 11.7 Å². The van der Waals surface area contributed by atoms with Crippen LogP contribution in [-0.2, 0) is 4.79 Å². The number of amides is 1. The monoisotopic (exact) mass is 493 g/mol. The van der Waals surface area contributed by atoms with E-state index in [4.69, 9.17) is 16.3 Å². The van der Waals surface area contributed by atoms with E-state index in [0.29, 0.717) is 32.6 Å². The van der Waals surface area contributed by atoms with Crippen molar-refractivity contribution in [3.63, 3.8) is 0 Å². The van der Waals surface area contributed by atoms with Crippen LogP contribution in [0.15, 0.2) is 87.3 Å². The summed E-state index contributed by atoms with van der Waals surface area (Å²) < 4.78 is 6.55. The number of rotatable bonds is 5. The molecule has 33 heavy (non-hydrogen) atoms. The van der Waals surface area contributed by atoms with Gasteiger partial charge in [-0.15, -0.1) is 10.2 Å². The predicted octanol–water partition coefficient (Wildman–Crippen LogP) is 5.84. The van der Waals surface area contributed by atoms with Crippen LogP contribution in [0.5, 0.6) is 5.75 Å². The molecule has 164 valence electrons. The number of allylic oxidation sites excluding steroid dienone is 1. The molecule has 1 amide bonds. The van der Waals surface area contributed by atoms with Gasteiger partial charge in [0.15, 0.2) is 4.34 Å². The Kier molecular flexibility index (Phi) is 6.34. The van der Waals surface area contributed by atoms with Crippen LogP contribution in [0.1, 0.15) is 6.42 Å². The second kappa shape index (κ2) is 9.70. The van der Waals surface area contributed by atoms with Crippen LogP contribution in [0.2, 0.25) is 5.02 Å². The number of fused-ring (bicyclic) bond motifs is 1. The zero-order valence-corrected chi connectivity index (χ0v) is 19.4. The maximum absolute atomic E-state index is 12.9. The smallest absolute Gasteiger partial charge is 0.239 e. The van der Waals surface area contributed by atoms with Gasteiger partial charge in [-0.2, -0.15) is 0 Å². The molecule has 7 nitrogen and oxygen atoms in total. The fourth-order valence-electron chi connectivity index (χ4n) is 3.21. The maximum atomic E-state index is 12.9. The number of carbonyl (C=O) groups excluding carboxylic acids is 1. The van der Waals surface area contributed by atoms with Gasteiger partial charge in [0.2, 0.25) is 16.9 Å². The Bertz CT molecular complexity index is 1370. The lowest BCUT2D eigenvalue weighted by atomic mass is 10.0. The predicted molar refractivity (Wildman–Crippen MR) is 131 cm³/mol. The molecule has 1 unspecified atom stereocenters. The number of carbonyl (C=O) groups is 1. The number of benzene rings is 2. The normalized spacial score (nSPS) is 15.3. The van der Waals surface area contributed by atoms with Gasteiger partial charge >= 0.3 is 0 Å². The van der Waals surface area contributed by atoms with Gasteiger partial charge in [0, 0.05) is 27.7 Å². The first kappa shape index (κ1) is 21.6. The first-order valence-electron chi connectivity index (χ1n) is 9.98. The minimum Gasteiger partial charge on any atom is -0.442 e. The molecule has 0 radical (unpaired) electrons. The third-order valence-electron chi connectivity index (χ3n) is 4.76. The number of aliphatic imine (C=N–C) groups is 1. The lowest BCUT2D eigenvalue weighted by molar-refractivity contribution is -0.118. The van der Waals surface area contributed by atoms with Crippen molar-refractivity contribution in [1.29, 1.82) is 0 Å². The molecule has 0 aliphatic carbocycles. The minimum atomic E-state index is -0.552. The van der Waals surface area contributed by atoms with E-state index in [0.717, 1.165) is 15.8 Å². The Balaban J connectivity index is 1.28. The Morgan fingerprint density at radius 2 is 2.03 bits per heavy atom. The van der Waals surface area contributed by atoms with Crippen LogP contribution in [0.25, 0.3) is 10.9 Å². The molecule has 4 aromatic rings. The largest absolute Gasteiger partial charge is 0.442 e. The van der Waals surface area contributed by atoms with E-state index in [-0.39, 0.29) is 5.91 Å². The number of pyridine rings is 1. The number of hydrogen-bond donors (Lipinski definition) is 1. The molecule has 0 saturated heterocycles. The van der Waals surface area contributed by atoms with Gasteiger partial charge in [-0.05, 0) is 36.8 Å². The fraction of sp³-hybridized carbons (Fsp3) is 0.0870. The molecule has 0 saturated carbocycles. The zero-order valence-electron chi connectivity index (χ0n) is 17.0. The molecule has 2 aromatic carbocycles. The number of aromatic nitrogens is 3. The summed E-state index contributed by atoms with van der Waals surface area (Å²) >= 11 is 8.83. The molecule has 1 N–H and O–H groups in total. The van der Waals surface area contributed by atoms with E-state index in [1.165, 1.54) is 23.1 Å². The summed E-state index contributed by atoms with van der Waals surface area (Å²) in [5, 5.41) is 13.2. The van der Waals surface area contributed by atoms with Gasteiger partial charge in [-0.3, -0.25) is 15.1 Å². The summed E-state index contributed by atoms with van der Waals surface area (Å²) in [7, 11) is 0. The van der Waals surface area contributed by atoms with Crippen LogP contribution in [-0.4, -0.2) is 27.0 Å². The average Bonchev–Trinajstić information content (AvgIpc) is 3.26. The van der Waals surface area contributed by atoms with Crippen molar-refractivity contribution in [3.8, 4) is 5.75 Å². The minimum absolute atomic E-state index is 0.245. The molecule has 1 aliphatic rings. The summed E-state index contributed by atoms with van der Waals surface area (Å²) in [4.78, 5) is 22.6. The summed E-state index contributed by atoms with van der Waals surface area (Å²) in [6, 6.07) is 16.8. The van der Waals surface area contributed by atoms with Gasteiger partial charge in [0.05, 0.1) is 5.52 Å². The Hall–Kier alpha value is -3.27. The Labute approximate surface area is 202 Å². The van der Waals surface area contributed by atoms with Crippen LogP contribution in [0, 0.1) is 5.92 Å². The number of halogens is 1. The lowest BCUT2D eigenvalue weighted by Crippen LogP contribution is -2.33. The van der Waals surface area contributed by atoms with Crippen molar-refractivity contribution in [3.05, 3.63) is 78.1 Å². The van der Waals surface area contributed by atoms with Crippen LogP contribution < -0.4 is 10.1 Å². The molecule has 1 atom stereocenters. The molecule has 10 heteroatoms. The molecule has 0 spiro atoms. The highest BCUT2D eigenvalue weighted by atomic mass is 35.5. The Morgan fingerprint density at radius 1 is 1.15 bits per heavy atom. The Morgan fingerprint density at radius 3 is 2.91 bits per heavy atom. The highest BCUT2D eigenvalue weighted by Crippen LogP contribution is 2.36. The van der Waals surface area contributed by atoms with Crippen molar-refractivity contribution < 1.29 is 9.53 Å². The van der Waals surface area contributed by atoms with E-state index in [1.54, 1.807) is 12.4 Å². The topological polar surface area (TPSA) is 89.4 Å². The lowest BCUT2D eigenvalue weighted by Gasteiger charge is -2.19. The van der Waals surface area contributed by atoms with E-state index in [2.05, 4.69) is 25.5 Å². The summed E-state index contributed by atoms with van der Waals surface area (Å²) in [6.45, 7) is 0. The van der Waals surface area contributed by atoms with E-state index in [1.807, 2.05) is 60.7 Å². The van der Waals surface area contributed by atoms with Crippen LogP contribution >= 0.6 is 34.7 Å². The van der Waals surface area contributed by atoms with Gasteiger partial charge in [0.25, 0.3) is 0 Å². The van der Waals surface area contributed by atoms with Crippen molar-refractivity contribution in [2.45, 2.75) is 15.7 Å². The maximum Gasteiger partial charge on any atom is 0.239 e. The van der Waals surface area contributed by atoms with E-state index < -0.39 is 5.92 Å². The molecule has 2 aromatic heterocycles. The fourth-order valence-corrected chi connectivity index (χ4v) is 5.21. The number of para-hydroxylation sites is 1. The molecule has 3 heterocycles. The van der Waals surface area contributed by atoms with Gasteiger partial charge in [-0.1, -0.05) is 65.0 Å². The molecular weight excluding hydrogens is 478 g/mol. The van der Waals surface area contributed by atoms with Crippen molar-refractivity contribution >= 4 is 62.5 Å². The third kappa shape index (κ3) is 5.05. The van der Waals surface area contributed by atoms with Crippen molar-refractivity contribution in [2.24, 2.45) is 10.9 Å². The zero-order chi connectivity index (χ0) is 22.6. The summed E-state index contributed by atoms with van der Waals surface area (Å²) in [5.74, 6) is 0.182. The summed E-state index contributed by atoms with van der Waals surface area (Å²) in [5.41, 5.74) is 0.807. The van der Waals surface area contributed by atoms with Crippen LogP contribution in [0.4, 0.5) is 5.13 Å². The first-order valence-corrected chi connectivity index (χ1v) is 12.0. The highest BCUT2D eigenvalue weighted by Gasteiger charge is 2.28. The molecule has 0 fully saturated rings. The number of anilines is 1. The van der Waals surface area contributed by atoms with Crippen molar-refractivity contribution in [2.75, 3.05) is 5.32 Å². The highest BCUT2D eigenvalue weighted by molar-refractivity contribution is 8.01. The number of nitrogens with zero attached hydrogens (tertiary/aromatic N) is 4. The van der Waals surface area contributed by atoms with Gasteiger partial charge < -0.3 is 4.74 Å². The average molecular weight is 494 g/mol.